The van der Waals surface area contributed by atoms with Crippen molar-refractivity contribution >= 4 is 11.7 Å². The molecule has 2 N–H and O–H groups in total. The summed E-state index contributed by atoms with van der Waals surface area (Å²) in [6.45, 7) is 1.17. The maximum Gasteiger partial charge on any atom is 0.231 e. The van der Waals surface area contributed by atoms with E-state index in [1.165, 1.54) is 0 Å². The number of likely N-dealkylation sites (tertiary alicyclic amines) is 1. The lowest BCUT2D eigenvalue weighted by Gasteiger charge is -2.24. The van der Waals surface area contributed by atoms with Crippen molar-refractivity contribution in [2.75, 3.05) is 13.1 Å². The molecule has 2 fully saturated rings. The van der Waals surface area contributed by atoms with Gasteiger partial charge in [0.1, 0.15) is 5.78 Å². The molecule has 15 heavy (non-hydrogen) atoms. The largest absolute Gasteiger partial charge is 0.369 e. The summed E-state index contributed by atoms with van der Waals surface area (Å²) >= 11 is 0. The van der Waals surface area contributed by atoms with Crippen LogP contribution in [0.15, 0.2) is 0 Å². The van der Waals surface area contributed by atoms with Crippen molar-refractivity contribution in [1.29, 1.82) is 0 Å². The van der Waals surface area contributed by atoms with Gasteiger partial charge in [0.2, 0.25) is 5.91 Å². The van der Waals surface area contributed by atoms with Crippen LogP contribution in [0.3, 0.4) is 0 Å². The van der Waals surface area contributed by atoms with Crippen molar-refractivity contribution in [2.45, 2.75) is 38.1 Å². The molecule has 4 heteroatoms. The van der Waals surface area contributed by atoms with Gasteiger partial charge in [-0.3, -0.25) is 14.5 Å². The van der Waals surface area contributed by atoms with Gasteiger partial charge >= 0.3 is 0 Å². The number of hydrogen-bond acceptors (Lipinski definition) is 3. The lowest BCUT2D eigenvalue weighted by Crippen LogP contribution is -2.40. The first-order valence-electron chi connectivity index (χ1n) is 5.73. The first kappa shape index (κ1) is 10.6. The van der Waals surface area contributed by atoms with Gasteiger partial charge in [-0.25, -0.2) is 0 Å². The second-order valence-corrected chi connectivity index (χ2v) is 4.61. The third-order valence-corrected chi connectivity index (χ3v) is 3.61. The summed E-state index contributed by atoms with van der Waals surface area (Å²) in [5.74, 6) is 0.281. The SMILES string of the molecule is NC(=O)CN1CC[C@H]2C(=O)CCCC[C@@H]21. The molecule has 2 rings (SSSR count). The third kappa shape index (κ3) is 2.20. The highest BCUT2D eigenvalue weighted by atomic mass is 16.1. The van der Waals surface area contributed by atoms with Crippen LogP contribution in [-0.2, 0) is 9.59 Å². The molecule has 0 aromatic rings. The molecule has 1 saturated carbocycles. The topological polar surface area (TPSA) is 63.4 Å². The van der Waals surface area contributed by atoms with Gasteiger partial charge < -0.3 is 5.73 Å². The van der Waals surface area contributed by atoms with Crippen molar-refractivity contribution in [3.63, 3.8) is 0 Å². The van der Waals surface area contributed by atoms with Crippen LogP contribution >= 0.6 is 0 Å². The lowest BCUT2D eigenvalue weighted by atomic mass is 9.94. The van der Waals surface area contributed by atoms with Crippen molar-refractivity contribution < 1.29 is 9.59 Å². The molecule has 0 spiro atoms. The smallest absolute Gasteiger partial charge is 0.231 e. The summed E-state index contributed by atoms with van der Waals surface area (Å²) in [5, 5.41) is 0. The van der Waals surface area contributed by atoms with E-state index in [9.17, 15) is 9.59 Å². The van der Waals surface area contributed by atoms with E-state index in [2.05, 4.69) is 4.90 Å². The van der Waals surface area contributed by atoms with Gasteiger partial charge in [0.05, 0.1) is 6.54 Å². The molecule has 1 aliphatic heterocycles. The Bertz CT molecular complexity index is 278. The molecule has 2 aliphatic rings. The molecule has 0 bridgehead atoms. The molecule has 0 radical (unpaired) electrons. The highest BCUT2D eigenvalue weighted by Gasteiger charge is 2.39. The van der Waals surface area contributed by atoms with Crippen LogP contribution in [0.2, 0.25) is 0 Å². The minimum Gasteiger partial charge on any atom is -0.369 e. The second-order valence-electron chi connectivity index (χ2n) is 4.61. The number of carbonyl (C=O) groups is 2. The quantitative estimate of drug-likeness (QED) is 0.713. The first-order chi connectivity index (χ1) is 7.18. The van der Waals surface area contributed by atoms with E-state index in [0.717, 1.165) is 38.6 Å². The number of carbonyl (C=O) groups excluding carboxylic acids is 2. The highest BCUT2D eigenvalue weighted by Crippen LogP contribution is 2.32. The molecule has 0 aromatic heterocycles. The molecular weight excluding hydrogens is 192 g/mol. The number of hydrogen-bond donors (Lipinski definition) is 1. The lowest BCUT2D eigenvalue weighted by molar-refractivity contribution is -0.124. The number of amides is 1. The zero-order chi connectivity index (χ0) is 10.8. The normalized spacial score (nSPS) is 32.4. The van der Waals surface area contributed by atoms with Crippen molar-refractivity contribution in [3.05, 3.63) is 0 Å². The van der Waals surface area contributed by atoms with E-state index in [1.54, 1.807) is 0 Å². The van der Waals surface area contributed by atoms with Gasteiger partial charge in [0, 0.05) is 18.4 Å². The molecule has 2 atom stereocenters. The Hall–Kier alpha value is -0.900. The van der Waals surface area contributed by atoms with E-state index >= 15 is 0 Å². The predicted octanol–water partition coefficient (Wildman–Crippen LogP) is 0.305. The minimum atomic E-state index is -0.285. The van der Waals surface area contributed by atoms with Gasteiger partial charge in [0.15, 0.2) is 0 Å². The molecule has 1 amide bonds. The van der Waals surface area contributed by atoms with Crippen molar-refractivity contribution in [1.82, 2.24) is 4.90 Å². The van der Waals surface area contributed by atoms with E-state index in [1.807, 2.05) is 0 Å². The van der Waals surface area contributed by atoms with Gasteiger partial charge in [-0.1, -0.05) is 6.42 Å². The Balaban J connectivity index is 2.06. The fourth-order valence-corrected chi connectivity index (χ4v) is 2.91. The summed E-state index contributed by atoms with van der Waals surface area (Å²) in [6, 6.07) is 0.285. The summed E-state index contributed by atoms with van der Waals surface area (Å²) in [6.07, 6.45) is 4.80. The Kier molecular flexibility index (Phi) is 3.05. The van der Waals surface area contributed by atoms with Gasteiger partial charge in [-0.15, -0.1) is 0 Å². The number of nitrogens with zero attached hydrogens (tertiary/aromatic N) is 1. The van der Waals surface area contributed by atoms with Crippen LogP contribution < -0.4 is 5.73 Å². The molecule has 84 valence electrons. The number of nitrogens with two attached hydrogens (primary N) is 1. The standard InChI is InChI=1S/C11H18N2O2/c12-11(15)7-13-6-5-8-9(13)3-1-2-4-10(8)14/h8-9H,1-7H2,(H2,12,15)/t8-,9+/m1/s1. The monoisotopic (exact) mass is 210 g/mol. The van der Waals surface area contributed by atoms with E-state index in [-0.39, 0.29) is 17.9 Å². The van der Waals surface area contributed by atoms with Gasteiger partial charge in [-0.2, -0.15) is 0 Å². The first-order valence-corrected chi connectivity index (χ1v) is 5.73. The summed E-state index contributed by atoms with van der Waals surface area (Å²) < 4.78 is 0. The van der Waals surface area contributed by atoms with E-state index < -0.39 is 0 Å². The molecule has 0 aromatic carbocycles. The molecule has 1 heterocycles. The zero-order valence-electron chi connectivity index (χ0n) is 8.95. The summed E-state index contributed by atoms with van der Waals surface area (Å²) in [7, 11) is 0. The summed E-state index contributed by atoms with van der Waals surface area (Å²) in [4.78, 5) is 24.8. The molecule has 0 unspecified atom stereocenters. The Morgan fingerprint density at radius 2 is 2.20 bits per heavy atom. The average Bonchev–Trinajstić information content (AvgIpc) is 2.45. The van der Waals surface area contributed by atoms with Gasteiger partial charge in [-0.05, 0) is 25.8 Å². The van der Waals surface area contributed by atoms with E-state index in [4.69, 9.17) is 5.73 Å². The van der Waals surface area contributed by atoms with Crippen LogP contribution in [0.25, 0.3) is 0 Å². The third-order valence-electron chi connectivity index (χ3n) is 3.61. The molecule has 1 aliphatic carbocycles. The van der Waals surface area contributed by atoms with Crippen LogP contribution in [0.5, 0.6) is 0 Å². The fraction of sp³-hybridized carbons (Fsp3) is 0.818. The predicted molar refractivity (Wildman–Crippen MR) is 56.1 cm³/mol. The van der Waals surface area contributed by atoms with Crippen LogP contribution in [0.1, 0.15) is 32.1 Å². The number of fused-ring (bicyclic) bond motifs is 1. The number of rotatable bonds is 2. The minimum absolute atomic E-state index is 0.173. The average molecular weight is 210 g/mol. The number of Topliss-reactive ketones (excluding diaryl/α,β-unsaturated/α-hetero) is 1. The number of primary amides is 1. The molecule has 4 nitrogen and oxygen atoms in total. The van der Waals surface area contributed by atoms with Gasteiger partial charge in [0.25, 0.3) is 0 Å². The molecule has 1 saturated heterocycles. The van der Waals surface area contributed by atoms with Crippen LogP contribution in [-0.4, -0.2) is 35.7 Å². The Labute approximate surface area is 89.8 Å². The van der Waals surface area contributed by atoms with Crippen LogP contribution in [0, 0.1) is 5.92 Å². The Morgan fingerprint density at radius 1 is 1.40 bits per heavy atom. The highest BCUT2D eigenvalue weighted by molar-refractivity contribution is 5.82. The molecular formula is C11H18N2O2. The maximum absolute atomic E-state index is 11.8. The zero-order valence-corrected chi connectivity index (χ0v) is 8.95. The number of ketones is 1. The second kappa shape index (κ2) is 4.31. The van der Waals surface area contributed by atoms with Crippen molar-refractivity contribution in [3.8, 4) is 0 Å². The fourth-order valence-electron chi connectivity index (χ4n) is 2.91. The van der Waals surface area contributed by atoms with E-state index in [0.29, 0.717) is 12.3 Å². The Morgan fingerprint density at radius 3 is 2.93 bits per heavy atom. The van der Waals surface area contributed by atoms with Crippen molar-refractivity contribution in [2.24, 2.45) is 11.7 Å². The van der Waals surface area contributed by atoms with Crippen LogP contribution in [0.4, 0.5) is 0 Å². The maximum atomic E-state index is 11.8. The summed E-state index contributed by atoms with van der Waals surface area (Å²) in [5.41, 5.74) is 5.20.